The molecule has 3 rings (SSSR count). The van der Waals surface area contributed by atoms with Crippen LogP contribution in [0, 0.1) is 0 Å². The maximum Gasteiger partial charge on any atom is 0.336 e. The fraction of sp³-hybridized carbons (Fsp3) is 0. The highest BCUT2D eigenvalue weighted by Gasteiger charge is 2.12. The number of furan rings is 1. The van der Waals surface area contributed by atoms with Crippen LogP contribution in [0.4, 0.5) is 0 Å². The zero-order valence-electron chi connectivity index (χ0n) is 12.1. The summed E-state index contributed by atoms with van der Waals surface area (Å²) in [5.41, 5.74) is 1.77. The second-order valence-electron chi connectivity index (χ2n) is 4.94. The fourth-order valence-corrected chi connectivity index (χ4v) is 2.49. The molecule has 1 N–H and O–H groups in total. The summed E-state index contributed by atoms with van der Waals surface area (Å²) in [6.45, 7) is 0. The number of hydrogen-bond donors (Lipinski definition) is 1. The Balaban J connectivity index is 1.95. The first-order valence-electron chi connectivity index (χ1n) is 7.00. The van der Waals surface area contributed by atoms with E-state index in [9.17, 15) is 9.90 Å². The van der Waals surface area contributed by atoms with Gasteiger partial charge in [-0.15, -0.1) is 0 Å². The third kappa shape index (κ3) is 3.60. The summed E-state index contributed by atoms with van der Waals surface area (Å²) in [6.07, 6.45) is 1.54. The van der Waals surface area contributed by atoms with Gasteiger partial charge in [-0.3, -0.25) is 0 Å². The summed E-state index contributed by atoms with van der Waals surface area (Å²) in [5, 5.41) is 9.43. The first-order valence-corrected chi connectivity index (χ1v) is 7.79. The van der Waals surface area contributed by atoms with Crippen molar-refractivity contribution in [2.45, 2.75) is 0 Å². The summed E-state index contributed by atoms with van der Waals surface area (Å²) in [6, 6.07) is 20.3. The fourth-order valence-electron chi connectivity index (χ4n) is 2.23. The molecule has 0 saturated heterocycles. The van der Waals surface area contributed by atoms with Crippen LogP contribution in [0.3, 0.4) is 0 Å². The largest absolute Gasteiger partial charge is 0.478 e. The quantitative estimate of drug-likeness (QED) is 0.632. The Labute approximate surface area is 142 Å². The van der Waals surface area contributed by atoms with E-state index in [2.05, 4.69) is 15.9 Å². The third-order valence-corrected chi connectivity index (χ3v) is 3.89. The molecule has 0 aliphatic heterocycles. The third-order valence-electron chi connectivity index (χ3n) is 3.36. The van der Waals surface area contributed by atoms with Gasteiger partial charge in [0.2, 0.25) is 0 Å². The molecule has 0 spiro atoms. The maximum atomic E-state index is 11.5. The van der Waals surface area contributed by atoms with Crippen molar-refractivity contribution < 1.29 is 14.3 Å². The van der Waals surface area contributed by atoms with E-state index in [1.165, 1.54) is 0 Å². The molecule has 1 heterocycles. The molecular formula is C19H13BrO3. The second kappa shape index (κ2) is 6.67. The highest BCUT2D eigenvalue weighted by atomic mass is 79.9. The number of benzene rings is 2. The van der Waals surface area contributed by atoms with E-state index < -0.39 is 5.97 Å². The number of rotatable bonds is 4. The van der Waals surface area contributed by atoms with Gasteiger partial charge in [0.15, 0.2) is 0 Å². The van der Waals surface area contributed by atoms with Crippen LogP contribution in [0.15, 0.2) is 75.6 Å². The van der Waals surface area contributed by atoms with Crippen molar-refractivity contribution in [3.63, 3.8) is 0 Å². The van der Waals surface area contributed by atoms with E-state index in [4.69, 9.17) is 4.42 Å². The average molecular weight is 369 g/mol. The molecule has 0 radical (unpaired) electrons. The Bertz CT molecular complexity index is 846. The van der Waals surface area contributed by atoms with Gasteiger partial charge in [-0.05, 0) is 35.9 Å². The number of carbonyl (C=O) groups is 1. The van der Waals surface area contributed by atoms with Crippen LogP contribution in [-0.2, 0) is 4.79 Å². The van der Waals surface area contributed by atoms with Gasteiger partial charge in [0.25, 0.3) is 0 Å². The Kier molecular flexibility index (Phi) is 4.44. The molecule has 114 valence electrons. The van der Waals surface area contributed by atoms with Crippen molar-refractivity contribution in [3.8, 4) is 11.3 Å². The van der Waals surface area contributed by atoms with Crippen molar-refractivity contribution in [3.05, 3.63) is 82.5 Å². The number of carboxylic acid groups (broad SMARTS) is 1. The van der Waals surface area contributed by atoms with Crippen LogP contribution in [-0.4, -0.2) is 11.1 Å². The number of aliphatic carboxylic acids is 1. The molecule has 23 heavy (non-hydrogen) atoms. The van der Waals surface area contributed by atoms with Crippen LogP contribution < -0.4 is 0 Å². The van der Waals surface area contributed by atoms with Crippen molar-refractivity contribution in [1.29, 1.82) is 0 Å². The van der Waals surface area contributed by atoms with Crippen molar-refractivity contribution in [1.82, 2.24) is 0 Å². The molecule has 0 saturated carbocycles. The van der Waals surface area contributed by atoms with Gasteiger partial charge >= 0.3 is 5.97 Å². The van der Waals surface area contributed by atoms with Gasteiger partial charge in [-0.25, -0.2) is 4.79 Å². The molecule has 0 fully saturated rings. The SMILES string of the molecule is O=C(O)/C(=C/c1ccc(-c2ccc(Br)cc2)o1)c1ccccc1. The van der Waals surface area contributed by atoms with E-state index in [0.29, 0.717) is 17.1 Å². The van der Waals surface area contributed by atoms with Gasteiger partial charge in [-0.2, -0.15) is 0 Å². The van der Waals surface area contributed by atoms with Crippen LogP contribution in [0.5, 0.6) is 0 Å². The lowest BCUT2D eigenvalue weighted by Crippen LogP contribution is -1.99. The first-order chi connectivity index (χ1) is 11.1. The summed E-state index contributed by atoms with van der Waals surface area (Å²) in [4.78, 5) is 11.5. The second-order valence-corrected chi connectivity index (χ2v) is 5.85. The molecule has 0 aliphatic rings. The first kappa shape index (κ1) is 15.3. The van der Waals surface area contributed by atoms with Gasteiger partial charge < -0.3 is 9.52 Å². The summed E-state index contributed by atoms with van der Waals surface area (Å²) in [5.74, 6) is 0.212. The van der Waals surface area contributed by atoms with Crippen LogP contribution in [0.25, 0.3) is 23.0 Å². The Hall–Kier alpha value is -2.59. The Morgan fingerprint density at radius 3 is 2.30 bits per heavy atom. The minimum atomic E-state index is -0.988. The molecule has 0 atom stereocenters. The van der Waals surface area contributed by atoms with Crippen molar-refractivity contribution >= 4 is 33.5 Å². The van der Waals surface area contributed by atoms with E-state index in [1.54, 1.807) is 24.3 Å². The molecule has 3 nitrogen and oxygen atoms in total. The van der Waals surface area contributed by atoms with Crippen molar-refractivity contribution in [2.75, 3.05) is 0 Å². The van der Waals surface area contributed by atoms with Gasteiger partial charge in [0, 0.05) is 10.0 Å². The lowest BCUT2D eigenvalue weighted by Gasteiger charge is -2.01. The zero-order valence-corrected chi connectivity index (χ0v) is 13.7. The maximum absolute atomic E-state index is 11.5. The molecule has 0 bridgehead atoms. The highest BCUT2D eigenvalue weighted by molar-refractivity contribution is 9.10. The predicted octanol–water partition coefficient (Wildman–Crippen LogP) is 5.33. The monoisotopic (exact) mass is 368 g/mol. The van der Waals surface area contributed by atoms with Crippen molar-refractivity contribution in [2.24, 2.45) is 0 Å². The molecule has 2 aromatic carbocycles. The van der Waals surface area contributed by atoms with E-state index in [1.807, 2.05) is 48.5 Å². The molecule has 0 aliphatic carbocycles. The van der Waals surface area contributed by atoms with Crippen LogP contribution in [0.2, 0.25) is 0 Å². The summed E-state index contributed by atoms with van der Waals surface area (Å²) >= 11 is 3.39. The van der Waals surface area contributed by atoms with E-state index in [0.717, 1.165) is 10.0 Å². The number of carboxylic acids is 1. The lowest BCUT2D eigenvalue weighted by molar-refractivity contribution is -0.130. The average Bonchev–Trinajstić information content (AvgIpc) is 3.02. The van der Waals surface area contributed by atoms with Gasteiger partial charge in [0.1, 0.15) is 11.5 Å². The van der Waals surface area contributed by atoms with Crippen LogP contribution in [0.1, 0.15) is 11.3 Å². The van der Waals surface area contributed by atoms with Gasteiger partial charge in [0.05, 0.1) is 5.57 Å². The Morgan fingerprint density at radius 2 is 1.65 bits per heavy atom. The number of halogens is 1. The van der Waals surface area contributed by atoms with E-state index >= 15 is 0 Å². The molecule has 0 amide bonds. The zero-order chi connectivity index (χ0) is 16.2. The predicted molar refractivity (Wildman–Crippen MR) is 93.8 cm³/mol. The Morgan fingerprint density at radius 1 is 0.957 bits per heavy atom. The molecule has 0 unspecified atom stereocenters. The highest BCUT2D eigenvalue weighted by Crippen LogP contribution is 2.26. The normalized spacial score (nSPS) is 11.4. The number of hydrogen-bond acceptors (Lipinski definition) is 2. The summed E-state index contributed by atoms with van der Waals surface area (Å²) < 4.78 is 6.75. The molecular weight excluding hydrogens is 356 g/mol. The lowest BCUT2D eigenvalue weighted by atomic mass is 10.1. The van der Waals surface area contributed by atoms with Crippen LogP contribution >= 0.6 is 15.9 Å². The smallest absolute Gasteiger partial charge is 0.336 e. The van der Waals surface area contributed by atoms with Gasteiger partial charge in [-0.1, -0.05) is 58.4 Å². The standard InChI is InChI=1S/C19H13BrO3/c20-15-8-6-14(7-9-15)18-11-10-16(23-18)12-17(19(21)22)13-4-2-1-3-5-13/h1-12H,(H,21,22)/b17-12+. The molecule has 1 aromatic heterocycles. The summed E-state index contributed by atoms with van der Waals surface area (Å²) in [7, 11) is 0. The van der Waals surface area contributed by atoms with E-state index in [-0.39, 0.29) is 5.57 Å². The molecule has 3 aromatic rings. The minimum absolute atomic E-state index is 0.197. The molecule has 4 heteroatoms. The topological polar surface area (TPSA) is 50.4 Å². The minimum Gasteiger partial charge on any atom is -0.478 e.